The van der Waals surface area contributed by atoms with Crippen molar-refractivity contribution in [1.29, 1.82) is 0 Å². The van der Waals surface area contributed by atoms with Gasteiger partial charge in [0.1, 0.15) is 0 Å². The number of aromatic nitrogens is 2. The molecular formula is C11H15N3OS. The van der Waals surface area contributed by atoms with Gasteiger partial charge < -0.3 is 10.3 Å². The highest BCUT2D eigenvalue weighted by atomic mass is 32.1. The van der Waals surface area contributed by atoms with Crippen LogP contribution in [0.2, 0.25) is 0 Å². The molecule has 2 rings (SSSR count). The topological polar surface area (TPSA) is 64.9 Å². The molecule has 0 bridgehead atoms. The van der Waals surface area contributed by atoms with Gasteiger partial charge >= 0.3 is 0 Å². The maximum atomic E-state index is 5.91. The molecule has 16 heavy (non-hydrogen) atoms. The van der Waals surface area contributed by atoms with Crippen LogP contribution in [0.15, 0.2) is 16.0 Å². The summed E-state index contributed by atoms with van der Waals surface area (Å²) in [7, 11) is 0. The van der Waals surface area contributed by atoms with Gasteiger partial charge in [-0.3, -0.25) is 0 Å². The summed E-state index contributed by atoms with van der Waals surface area (Å²) < 4.78 is 5.25. The van der Waals surface area contributed by atoms with E-state index in [0.717, 1.165) is 11.3 Å². The van der Waals surface area contributed by atoms with Crippen molar-refractivity contribution in [2.75, 3.05) is 0 Å². The van der Waals surface area contributed by atoms with Crippen molar-refractivity contribution in [1.82, 2.24) is 10.1 Å². The molecule has 2 aromatic heterocycles. The van der Waals surface area contributed by atoms with Gasteiger partial charge in [-0.1, -0.05) is 12.1 Å². The maximum Gasteiger partial charge on any atom is 0.268 e. The predicted molar refractivity (Wildman–Crippen MR) is 64.2 cm³/mol. The SMILES string of the molecule is CCc1ccsc1-c1nc(C(C)(C)N)no1. The number of rotatable bonds is 3. The Morgan fingerprint density at radius 2 is 2.25 bits per heavy atom. The molecule has 0 aliphatic heterocycles. The molecule has 0 aliphatic rings. The smallest absolute Gasteiger partial charge is 0.268 e. The lowest BCUT2D eigenvalue weighted by molar-refractivity contribution is 0.397. The molecule has 5 heteroatoms. The van der Waals surface area contributed by atoms with Crippen LogP contribution in [0.25, 0.3) is 10.8 Å². The number of hydrogen-bond acceptors (Lipinski definition) is 5. The van der Waals surface area contributed by atoms with E-state index >= 15 is 0 Å². The van der Waals surface area contributed by atoms with Gasteiger partial charge in [0.15, 0.2) is 5.82 Å². The molecule has 0 atom stereocenters. The molecule has 2 N–H and O–H groups in total. The van der Waals surface area contributed by atoms with Crippen LogP contribution in [-0.2, 0) is 12.0 Å². The minimum Gasteiger partial charge on any atom is -0.333 e. The van der Waals surface area contributed by atoms with Crippen molar-refractivity contribution in [3.8, 4) is 10.8 Å². The Kier molecular flexibility index (Phi) is 2.82. The lowest BCUT2D eigenvalue weighted by Gasteiger charge is -2.11. The molecule has 0 aromatic carbocycles. The Morgan fingerprint density at radius 1 is 1.50 bits per heavy atom. The zero-order valence-electron chi connectivity index (χ0n) is 9.65. The molecule has 0 saturated carbocycles. The standard InChI is InChI=1S/C11H15N3OS/c1-4-7-5-6-16-8(7)9-13-10(14-15-9)11(2,3)12/h5-6H,4,12H2,1-3H3. The Labute approximate surface area is 98.5 Å². The number of nitrogens with two attached hydrogens (primary N) is 1. The van der Waals surface area contributed by atoms with Crippen LogP contribution in [0.3, 0.4) is 0 Å². The monoisotopic (exact) mass is 237 g/mol. The summed E-state index contributed by atoms with van der Waals surface area (Å²) in [4.78, 5) is 5.39. The van der Waals surface area contributed by atoms with Gasteiger partial charge in [0, 0.05) is 0 Å². The first-order valence-electron chi connectivity index (χ1n) is 5.22. The highest BCUT2D eigenvalue weighted by Crippen LogP contribution is 2.29. The second kappa shape index (κ2) is 3.99. The van der Waals surface area contributed by atoms with Crippen molar-refractivity contribution >= 4 is 11.3 Å². The van der Waals surface area contributed by atoms with E-state index in [0.29, 0.717) is 11.7 Å². The van der Waals surface area contributed by atoms with E-state index in [1.807, 2.05) is 19.2 Å². The van der Waals surface area contributed by atoms with Crippen molar-refractivity contribution < 1.29 is 4.52 Å². The van der Waals surface area contributed by atoms with Crippen LogP contribution >= 0.6 is 11.3 Å². The Bertz CT molecular complexity index is 481. The molecule has 0 spiro atoms. The fourth-order valence-corrected chi connectivity index (χ4v) is 2.30. The lowest BCUT2D eigenvalue weighted by Crippen LogP contribution is -2.30. The maximum absolute atomic E-state index is 5.91. The summed E-state index contributed by atoms with van der Waals surface area (Å²) >= 11 is 1.61. The van der Waals surface area contributed by atoms with Crippen molar-refractivity contribution in [2.24, 2.45) is 5.73 Å². The largest absolute Gasteiger partial charge is 0.333 e. The van der Waals surface area contributed by atoms with Crippen molar-refractivity contribution in [3.63, 3.8) is 0 Å². The Hall–Kier alpha value is -1.20. The van der Waals surface area contributed by atoms with E-state index in [1.54, 1.807) is 11.3 Å². The van der Waals surface area contributed by atoms with Crippen molar-refractivity contribution in [3.05, 3.63) is 22.8 Å². The predicted octanol–water partition coefficient (Wildman–Crippen LogP) is 2.55. The van der Waals surface area contributed by atoms with Gasteiger partial charge in [0.25, 0.3) is 5.89 Å². The molecule has 2 aromatic rings. The molecule has 0 radical (unpaired) electrons. The minimum absolute atomic E-state index is 0.540. The summed E-state index contributed by atoms with van der Waals surface area (Å²) in [6, 6.07) is 2.08. The van der Waals surface area contributed by atoms with Gasteiger partial charge in [0.2, 0.25) is 0 Å². The van der Waals surface area contributed by atoms with Crippen molar-refractivity contribution in [2.45, 2.75) is 32.7 Å². The van der Waals surface area contributed by atoms with E-state index in [2.05, 4.69) is 23.1 Å². The summed E-state index contributed by atoms with van der Waals surface area (Å²) in [5.74, 6) is 1.11. The average Bonchev–Trinajstić information content (AvgIpc) is 2.84. The van der Waals surface area contributed by atoms with Crippen LogP contribution in [0.1, 0.15) is 32.2 Å². The van der Waals surface area contributed by atoms with E-state index in [4.69, 9.17) is 10.3 Å². The summed E-state index contributed by atoms with van der Waals surface area (Å²) in [5, 5.41) is 5.95. The molecule has 0 aliphatic carbocycles. The molecule has 0 fully saturated rings. The molecule has 0 saturated heterocycles. The highest BCUT2D eigenvalue weighted by molar-refractivity contribution is 7.13. The first-order valence-corrected chi connectivity index (χ1v) is 6.10. The third-order valence-electron chi connectivity index (χ3n) is 2.32. The first kappa shape index (κ1) is 11.3. The van der Waals surface area contributed by atoms with E-state index in [-0.39, 0.29) is 0 Å². The van der Waals surface area contributed by atoms with Crippen LogP contribution in [0.5, 0.6) is 0 Å². The van der Waals surface area contributed by atoms with Gasteiger partial charge in [-0.2, -0.15) is 4.98 Å². The molecule has 0 unspecified atom stereocenters. The molecule has 0 amide bonds. The zero-order chi connectivity index (χ0) is 11.8. The molecule has 4 nitrogen and oxygen atoms in total. The number of nitrogens with zero attached hydrogens (tertiary/aromatic N) is 2. The Morgan fingerprint density at radius 3 is 2.81 bits per heavy atom. The fraction of sp³-hybridized carbons (Fsp3) is 0.455. The number of thiophene rings is 1. The second-order valence-electron chi connectivity index (χ2n) is 4.27. The summed E-state index contributed by atoms with van der Waals surface area (Å²) in [6.45, 7) is 5.82. The number of hydrogen-bond donors (Lipinski definition) is 1. The van der Waals surface area contributed by atoms with Crippen LogP contribution < -0.4 is 5.73 Å². The van der Waals surface area contributed by atoms with E-state index in [1.165, 1.54) is 5.56 Å². The average molecular weight is 237 g/mol. The second-order valence-corrected chi connectivity index (χ2v) is 5.19. The molecular weight excluding hydrogens is 222 g/mol. The van der Waals surface area contributed by atoms with E-state index in [9.17, 15) is 0 Å². The van der Waals surface area contributed by atoms with Gasteiger partial charge in [-0.05, 0) is 37.3 Å². The third kappa shape index (κ3) is 2.01. The lowest BCUT2D eigenvalue weighted by atomic mass is 10.1. The zero-order valence-corrected chi connectivity index (χ0v) is 10.5. The summed E-state index contributed by atoms with van der Waals surface area (Å²) in [6.07, 6.45) is 0.961. The van der Waals surface area contributed by atoms with Crippen LogP contribution in [0, 0.1) is 0 Å². The first-order chi connectivity index (χ1) is 7.52. The van der Waals surface area contributed by atoms with E-state index < -0.39 is 5.54 Å². The highest BCUT2D eigenvalue weighted by Gasteiger charge is 2.23. The normalized spacial score (nSPS) is 12.0. The van der Waals surface area contributed by atoms with Crippen LogP contribution in [-0.4, -0.2) is 10.1 Å². The fourth-order valence-electron chi connectivity index (χ4n) is 1.38. The summed E-state index contributed by atoms with van der Waals surface area (Å²) in [5.41, 5.74) is 6.58. The Balaban J connectivity index is 2.39. The van der Waals surface area contributed by atoms with Gasteiger partial charge in [0.05, 0.1) is 10.4 Å². The number of aryl methyl sites for hydroxylation is 1. The minimum atomic E-state index is -0.564. The quantitative estimate of drug-likeness (QED) is 0.891. The third-order valence-corrected chi connectivity index (χ3v) is 3.27. The van der Waals surface area contributed by atoms with Gasteiger partial charge in [-0.15, -0.1) is 11.3 Å². The van der Waals surface area contributed by atoms with Gasteiger partial charge in [-0.25, -0.2) is 0 Å². The van der Waals surface area contributed by atoms with Crippen LogP contribution in [0.4, 0.5) is 0 Å². The molecule has 86 valence electrons. The molecule has 2 heterocycles.